The molecule has 0 spiro atoms. The molecule has 11 nitrogen and oxygen atoms in total. The van der Waals surface area contributed by atoms with Gasteiger partial charge in [-0.2, -0.15) is 4.98 Å². The molecule has 2 atom stereocenters. The maximum atomic E-state index is 13.8. The number of likely N-dealkylation sites (N-methyl/N-ethyl adjacent to an activating group) is 1. The van der Waals surface area contributed by atoms with Gasteiger partial charge < -0.3 is 34.3 Å². The highest BCUT2D eigenvalue weighted by Gasteiger charge is 2.28. The number of oxazole rings is 1. The number of anilines is 1. The van der Waals surface area contributed by atoms with E-state index in [-0.39, 0.29) is 19.1 Å². The lowest BCUT2D eigenvalue weighted by atomic mass is 10.0. The van der Waals surface area contributed by atoms with Crippen molar-refractivity contribution in [3.8, 4) is 0 Å². The second-order valence-corrected chi connectivity index (χ2v) is 11.3. The molecule has 0 aliphatic heterocycles. The molecule has 0 fully saturated rings. The molecule has 2 N–H and O–H groups in total. The summed E-state index contributed by atoms with van der Waals surface area (Å²) in [6.07, 6.45) is 0.260. The normalized spacial score (nSPS) is 12.7. The van der Waals surface area contributed by atoms with Crippen molar-refractivity contribution in [1.29, 1.82) is 0 Å². The number of benzene rings is 2. The van der Waals surface area contributed by atoms with Gasteiger partial charge >= 0.3 is 6.09 Å². The number of hydrogen-bond donors (Lipinski definition) is 2. The maximum Gasteiger partial charge on any atom is 0.407 e. The molecule has 2 aromatic heterocycles. The van der Waals surface area contributed by atoms with Crippen LogP contribution in [0.25, 0.3) is 11.1 Å². The highest BCUT2D eigenvalue weighted by Crippen LogP contribution is 2.23. The summed E-state index contributed by atoms with van der Waals surface area (Å²) in [6, 6.07) is 14.5. The van der Waals surface area contributed by atoms with E-state index in [2.05, 4.69) is 15.3 Å². The first-order valence-corrected chi connectivity index (χ1v) is 14.7. The molecule has 12 heteroatoms. The van der Waals surface area contributed by atoms with Crippen LogP contribution in [0.4, 0.5) is 10.8 Å². The van der Waals surface area contributed by atoms with E-state index in [1.807, 2.05) is 68.2 Å². The number of rotatable bonds is 14. The number of fused-ring (bicyclic) bond motifs is 1. The SMILES string of the molecule is CCN(C)c1nc2ccc(C(=O)N(CCN(C)C)C[C@@H](O)[C@H](Cc3ccccc3)NC(=O)OCc3cncs3)cc2o1. The van der Waals surface area contributed by atoms with Crippen LogP contribution in [0, 0.1) is 0 Å². The third-order valence-corrected chi connectivity index (χ3v) is 7.59. The van der Waals surface area contributed by atoms with Crippen LogP contribution in [-0.4, -0.2) is 96.3 Å². The number of aliphatic hydroxyl groups excluding tert-OH is 1. The number of alkyl carbamates (subject to hydrolysis) is 1. The summed E-state index contributed by atoms with van der Waals surface area (Å²) in [5.74, 6) is -0.258. The Bertz CT molecular complexity index is 1430. The molecule has 4 rings (SSSR count). The van der Waals surface area contributed by atoms with Crippen molar-refractivity contribution in [3.63, 3.8) is 0 Å². The van der Waals surface area contributed by atoms with E-state index in [1.54, 1.807) is 34.8 Å². The summed E-state index contributed by atoms with van der Waals surface area (Å²) in [5, 5.41) is 14.3. The van der Waals surface area contributed by atoms with Crippen LogP contribution in [0.2, 0.25) is 0 Å². The van der Waals surface area contributed by atoms with Crippen molar-refractivity contribution >= 4 is 40.5 Å². The quantitative estimate of drug-likeness (QED) is 0.225. The zero-order valence-electron chi connectivity index (χ0n) is 24.4. The summed E-state index contributed by atoms with van der Waals surface area (Å²) in [4.78, 5) is 41.2. The van der Waals surface area contributed by atoms with E-state index in [0.29, 0.717) is 42.2 Å². The standard InChI is InChI=1S/C30H38N6O5S/c1-5-35(4)29-32-24-12-11-22(16-27(24)41-29)28(38)36(14-13-34(2)3)18-26(37)25(15-21-9-7-6-8-10-21)33-30(39)40-19-23-17-31-20-42-23/h6-12,16-17,20,25-26,37H,5,13-15,18-19H2,1-4H3,(H,33,39)/t25-,26+/m0/s1. The third-order valence-electron chi connectivity index (χ3n) is 6.83. The van der Waals surface area contributed by atoms with Gasteiger partial charge in [0.25, 0.3) is 11.9 Å². The van der Waals surface area contributed by atoms with Gasteiger partial charge in [0, 0.05) is 45.0 Å². The fourth-order valence-corrected chi connectivity index (χ4v) is 4.78. The largest absolute Gasteiger partial charge is 0.444 e. The molecule has 2 heterocycles. The first kappa shape index (κ1) is 30.9. The average molecular weight is 595 g/mol. The van der Waals surface area contributed by atoms with Gasteiger partial charge in [0.05, 0.1) is 22.5 Å². The number of amides is 2. The van der Waals surface area contributed by atoms with Crippen LogP contribution in [0.5, 0.6) is 0 Å². The number of aromatic nitrogens is 2. The van der Waals surface area contributed by atoms with Gasteiger partial charge in [-0.15, -0.1) is 11.3 Å². The number of carbonyl (C=O) groups excluding carboxylic acids is 2. The fourth-order valence-electron chi connectivity index (χ4n) is 4.27. The molecule has 0 aliphatic rings. The Morgan fingerprint density at radius 2 is 1.90 bits per heavy atom. The van der Waals surface area contributed by atoms with E-state index in [1.165, 1.54) is 11.3 Å². The van der Waals surface area contributed by atoms with Crippen molar-refractivity contribution < 1.29 is 23.8 Å². The third kappa shape index (κ3) is 8.51. The minimum absolute atomic E-state index is 0.00242. The van der Waals surface area contributed by atoms with E-state index >= 15 is 0 Å². The Hall–Kier alpha value is -4.00. The van der Waals surface area contributed by atoms with Crippen molar-refractivity contribution in [2.24, 2.45) is 0 Å². The second-order valence-electron chi connectivity index (χ2n) is 10.3. The first-order chi connectivity index (χ1) is 20.2. The van der Waals surface area contributed by atoms with Crippen molar-refractivity contribution in [2.75, 3.05) is 52.2 Å². The molecule has 0 aliphatic carbocycles. The number of thiazole rings is 1. The molecule has 0 radical (unpaired) electrons. The van der Waals surface area contributed by atoms with Crippen LogP contribution < -0.4 is 10.2 Å². The molecule has 42 heavy (non-hydrogen) atoms. The highest BCUT2D eigenvalue weighted by molar-refractivity contribution is 7.09. The number of nitrogens with zero attached hydrogens (tertiary/aromatic N) is 5. The lowest BCUT2D eigenvalue weighted by molar-refractivity contribution is 0.0507. The average Bonchev–Trinajstić information content (AvgIpc) is 3.67. The zero-order valence-corrected chi connectivity index (χ0v) is 25.2. The molecular weight excluding hydrogens is 556 g/mol. The molecule has 224 valence electrons. The Kier molecular flexibility index (Phi) is 10.9. The molecule has 0 bridgehead atoms. The van der Waals surface area contributed by atoms with E-state index in [9.17, 15) is 14.7 Å². The van der Waals surface area contributed by atoms with Crippen LogP contribution in [0.3, 0.4) is 0 Å². The monoisotopic (exact) mass is 594 g/mol. The van der Waals surface area contributed by atoms with Gasteiger partial charge in [0.2, 0.25) is 0 Å². The van der Waals surface area contributed by atoms with Gasteiger partial charge in [-0.1, -0.05) is 30.3 Å². The molecular formula is C30H38N6O5S. The minimum Gasteiger partial charge on any atom is -0.444 e. The number of nitrogens with one attached hydrogen (secondary N) is 1. The van der Waals surface area contributed by atoms with Crippen LogP contribution in [0.15, 0.2) is 64.7 Å². The Morgan fingerprint density at radius 3 is 2.60 bits per heavy atom. The topological polar surface area (TPSA) is 124 Å². The van der Waals surface area contributed by atoms with Crippen LogP contribution in [-0.2, 0) is 17.8 Å². The van der Waals surface area contributed by atoms with Crippen molar-refractivity contribution in [1.82, 2.24) is 25.1 Å². The predicted molar refractivity (Wildman–Crippen MR) is 163 cm³/mol. The first-order valence-electron chi connectivity index (χ1n) is 13.8. The lowest BCUT2D eigenvalue weighted by Crippen LogP contribution is -2.51. The Labute approximate surface area is 249 Å². The minimum atomic E-state index is -1.08. The van der Waals surface area contributed by atoms with Crippen molar-refractivity contribution in [2.45, 2.75) is 32.1 Å². The van der Waals surface area contributed by atoms with Gasteiger partial charge in [0.15, 0.2) is 5.58 Å². The smallest absolute Gasteiger partial charge is 0.407 e. The summed E-state index contributed by atoms with van der Waals surface area (Å²) in [5.41, 5.74) is 4.19. The van der Waals surface area contributed by atoms with Crippen molar-refractivity contribution in [3.05, 3.63) is 76.2 Å². The van der Waals surface area contributed by atoms with Gasteiger partial charge in [0.1, 0.15) is 12.1 Å². The summed E-state index contributed by atoms with van der Waals surface area (Å²) in [7, 11) is 5.73. The highest BCUT2D eigenvalue weighted by atomic mass is 32.1. The molecule has 0 saturated heterocycles. The zero-order chi connectivity index (χ0) is 30.1. The maximum absolute atomic E-state index is 13.8. The van der Waals surface area contributed by atoms with Gasteiger partial charge in [-0.25, -0.2) is 4.79 Å². The summed E-state index contributed by atoms with van der Waals surface area (Å²) in [6.45, 7) is 3.76. The number of carbonyl (C=O) groups is 2. The molecule has 4 aromatic rings. The number of ether oxygens (including phenoxy) is 1. The van der Waals surface area contributed by atoms with Crippen LogP contribution in [0.1, 0.15) is 27.7 Å². The summed E-state index contributed by atoms with van der Waals surface area (Å²) >= 11 is 1.39. The van der Waals surface area contributed by atoms with Gasteiger partial charge in [-0.3, -0.25) is 9.78 Å². The summed E-state index contributed by atoms with van der Waals surface area (Å²) < 4.78 is 11.3. The Morgan fingerprint density at radius 1 is 1.12 bits per heavy atom. The van der Waals surface area contributed by atoms with Crippen LogP contribution >= 0.6 is 11.3 Å². The lowest BCUT2D eigenvalue weighted by Gasteiger charge is -2.31. The van der Waals surface area contributed by atoms with E-state index in [0.717, 1.165) is 17.0 Å². The fraction of sp³-hybridized carbons (Fsp3) is 0.400. The second kappa shape index (κ2) is 14.8. The molecule has 0 unspecified atom stereocenters. The Balaban J connectivity index is 1.52. The van der Waals surface area contributed by atoms with E-state index in [4.69, 9.17) is 9.15 Å². The number of aliphatic hydroxyl groups is 1. The number of hydrogen-bond acceptors (Lipinski definition) is 10. The van der Waals surface area contributed by atoms with E-state index < -0.39 is 18.2 Å². The predicted octanol–water partition coefficient (Wildman–Crippen LogP) is 3.64. The molecule has 2 amide bonds. The molecule has 0 saturated carbocycles. The molecule has 2 aromatic carbocycles. The van der Waals surface area contributed by atoms with Gasteiger partial charge in [-0.05, 0) is 51.2 Å².